The summed E-state index contributed by atoms with van der Waals surface area (Å²) in [7, 11) is 0. The molecule has 1 aliphatic carbocycles. The third kappa shape index (κ3) is 4.04. The minimum Gasteiger partial charge on any atom is -0.378 e. The Morgan fingerprint density at radius 3 is 2.36 bits per heavy atom. The number of nitrogens with one attached hydrogen (secondary N) is 1. The molecule has 0 aromatic heterocycles. The second-order valence-corrected chi connectivity index (χ2v) is 8.25. The molecular formula is C21H32ClN3O3. The molecule has 1 saturated heterocycles. The number of carbonyl (C=O) groups is 2. The normalized spacial score (nSPS) is 26.7. The van der Waals surface area contributed by atoms with E-state index in [1.807, 2.05) is 56.0 Å². The zero-order valence-electron chi connectivity index (χ0n) is 16.9. The molecule has 3 N–H and O–H groups in total. The lowest BCUT2D eigenvalue weighted by Crippen LogP contribution is -2.76. The number of hydrogen-bond acceptors (Lipinski definition) is 4. The van der Waals surface area contributed by atoms with Crippen LogP contribution in [0.1, 0.15) is 50.4 Å². The quantitative estimate of drug-likeness (QED) is 0.781. The van der Waals surface area contributed by atoms with Gasteiger partial charge in [0.1, 0.15) is 5.54 Å². The Morgan fingerprint density at radius 2 is 1.82 bits per heavy atom. The van der Waals surface area contributed by atoms with Crippen molar-refractivity contribution < 1.29 is 14.3 Å². The molecule has 7 heteroatoms. The fourth-order valence-corrected chi connectivity index (χ4v) is 4.12. The third-order valence-corrected chi connectivity index (χ3v) is 6.37. The first kappa shape index (κ1) is 22.7. The van der Waals surface area contributed by atoms with Crippen molar-refractivity contribution in [3.8, 4) is 0 Å². The highest BCUT2D eigenvalue weighted by Crippen LogP contribution is 2.49. The molecule has 1 aromatic carbocycles. The first-order valence-electron chi connectivity index (χ1n) is 9.85. The second kappa shape index (κ2) is 8.80. The van der Waals surface area contributed by atoms with E-state index in [1.54, 1.807) is 0 Å². The van der Waals surface area contributed by atoms with Gasteiger partial charge in [-0.1, -0.05) is 32.0 Å². The molecule has 3 rings (SSSR count). The molecule has 2 fully saturated rings. The molecule has 2 unspecified atom stereocenters. The first-order valence-corrected chi connectivity index (χ1v) is 9.85. The zero-order valence-corrected chi connectivity index (χ0v) is 17.8. The van der Waals surface area contributed by atoms with Crippen LogP contribution in [0.25, 0.3) is 0 Å². The molecule has 2 aliphatic rings. The smallest absolute Gasteiger partial charge is 0.253 e. The van der Waals surface area contributed by atoms with Crippen LogP contribution in [0.2, 0.25) is 0 Å². The van der Waals surface area contributed by atoms with E-state index < -0.39 is 11.0 Å². The Hall–Kier alpha value is -1.63. The molecule has 1 saturated carbocycles. The summed E-state index contributed by atoms with van der Waals surface area (Å²) in [5.74, 6) is -0.0494. The van der Waals surface area contributed by atoms with Crippen LogP contribution in [0.3, 0.4) is 0 Å². The van der Waals surface area contributed by atoms with Crippen LogP contribution >= 0.6 is 12.4 Å². The molecule has 1 heterocycles. The summed E-state index contributed by atoms with van der Waals surface area (Å²) in [6.07, 6.45) is 2.06. The molecule has 0 radical (unpaired) electrons. The van der Waals surface area contributed by atoms with Gasteiger partial charge in [0.2, 0.25) is 5.91 Å². The lowest BCUT2D eigenvalue weighted by molar-refractivity contribution is -0.171. The standard InChI is InChI=1S/C21H31N3O3.ClH/c1-4-27-17-14-21(22,20(17,2)3)19(26)23-16-10-12-24(13-11-16)18(25)15-8-6-5-7-9-15;/h5-9,16-17H,4,10-14,22H2,1-3H3,(H,23,26);1H. The van der Waals surface area contributed by atoms with E-state index >= 15 is 0 Å². The van der Waals surface area contributed by atoms with Crippen molar-refractivity contribution >= 4 is 24.2 Å². The summed E-state index contributed by atoms with van der Waals surface area (Å²) < 4.78 is 5.71. The van der Waals surface area contributed by atoms with E-state index in [9.17, 15) is 9.59 Å². The van der Waals surface area contributed by atoms with Gasteiger partial charge >= 0.3 is 0 Å². The number of nitrogens with two attached hydrogens (primary N) is 1. The molecule has 2 amide bonds. The maximum atomic E-state index is 12.8. The number of rotatable bonds is 5. The number of carbonyl (C=O) groups excluding carboxylic acids is 2. The SMILES string of the molecule is CCOC1CC(N)(C(=O)NC2CCN(C(=O)c3ccccc3)CC2)C1(C)C.Cl. The van der Waals surface area contributed by atoms with Gasteiger partial charge in [-0.3, -0.25) is 9.59 Å². The lowest BCUT2D eigenvalue weighted by atomic mass is 9.54. The topological polar surface area (TPSA) is 84.7 Å². The van der Waals surface area contributed by atoms with Crippen LogP contribution in [0.4, 0.5) is 0 Å². The lowest BCUT2D eigenvalue weighted by Gasteiger charge is -2.57. The monoisotopic (exact) mass is 409 g/mol. The van der Waals surface area contributed by atoms with Gasteiger partial charge in [0.05, 0.1) is 6.10 Å². The summed E-state index contributed by atoms with van der Waals surface area (Å²) in [6, 6.07) is 9.37. The van der Waals surface area contributed by atoms with Crippen molar-refractivity contribution in [3.05, 3.63) is 35.9 Å². The van der Waals surface area contributed by atoms with Crippen LogP contribution in [-0.2, 0) is 9.53 Å². The maximum absolute atomic E-state index is 12.8. The predicted molar refractivity (Wildman–Crippen MR) is 111 cm³/mol. The number of likely N-dealkylation sites (tertiary alicyclic amines) is 1. The molecule has 0 spiro atoms. The van der Waals surface area contributed by atoms with Crippen molar-refractivity contribution in [1.82, 2.24) is 10.2 Å². The van der Waals surface area contributed by atoms with Gasteiger partial charge < -0.3 is 20.7 Å². The highest BCUT2D eigenvalue weighted by Gasteiger charge is 2.63. The molecule has 1 aliphatic heterocycles. The predicted octanol–water partition coefficient (Wildman–Crippen LogP) is 2.36. The number of amides is 2. The Morgan fingerprint density at radius 1 is 1.21 bits per heavy atom. The number of nitrogens with zero attached hydrogens (tertiary/aromatic N) is 1. The van der Waals surface area contributed by atoms with Crippen molar-refractivity contribution in [1.29, 1.82) is 0 Å². The highest BCUT2D eigenvalue weighted by atomic mass is 35.5. The van der Waals surface area contributed by atoms with Crippen molar-refractivity contribution in [2.45, 2.75) is 57.7 Å². The van der Waals surface area contributed by atoms with Crippen molar-refractivity contribution in [2.24, 2.45) is 11.1 Å². The van der Waals surface area contributed by atoms with E-state index in [0.29, 0.717) is 31.7 Å². The number of piperidine rings is 1. The Balaban J connectivity index is 0.00000280. The third-order valence-electron chi connectivity index (χ3n) is 6.37. The van der Waals surface area contributed by atoms with E-state index in [-0.39, 0.29) is 36.4 Å². The number of ether oxygens (including phenoxy) is 1. The molecule has 28 heavy (non-hydrogen) atoms. The molecule has 1 aromatic rings. The molecule has 0 bridgehead atoms. The summed E-state index contributed by atoms with van der Waals surface area (Å²) in [5.41, 5.74) is 5.87. The fourth-order valence-electron chi connectivity index (χ4n) is 4.12. The summed E-state index contributed by atoms with van der Waals surface area (Å²) >= 11 is 0. The fraction of sp³-hybridized carbons (Fsp3) is 0.619. The van der Waals surface area contributed by atoms with E-state index in [2.05, 4.69) is 5.32 Å². The van der Waals surface area contributed by atoms with Gasteiger partial charge in [0.25, 0.3) is 5.91 Å². The van der Waals surface area contributed by atoms with E-state index in [4.69, 9.17) is 10.5 Å². The largest absolute Gasteiger partial charge is 0.378 e. The van der Waals surface area contributed by atoms with Gasteiger partial charge in [0.15, 0.2) is 0 Å². The second-order valence-electron chi connectivity index (χ2n) is 8.25. The molecule has 6 nitrogen and oxygen atoms in total. The average Bonchev–Trinajstić information content (AvgIpc) is 2.68. The Bertz CT molecular complexity index is 689. The van der Waals surface area contributed by atoms with Crippen molar-refractivity contribution in [3.63, 3.8) is 0 Å². The van der Waals surface area contributed by atoms with Gasteiger partial charge in [-0.2, -0.15) is 0 Å². The average molecular weight is 410 g/mol. The summed E-state index contributed by atoms with van der Waals surface area (Å²) in [5, 5.41) is 3.12. The van der Waals surface area contributed by atoms with Crippen LogP contribution in [-0.4, -0.2) is 54.1 Å². The van der Waals surface area contributed by atoms with Crippen LogP contribution < -0.4 is 11.1 Å². The summed E-state index contributed by atoms with van der Waals surface area (Å²) in [6.45, 7) is 7.86. The van der Waals surface area contributed by atoms with Gasteiger partial charge in [0, 0.05) is 43.1 Å². The zero-order chi connectivity index (χ0) is 19.7. The van der Waals surface area contributed by atoms with Gasteiger partial charge in [-0.25, -0.2) is 0 Å². The van der Waals surface area contributed by atoms with Crippen LogP contribution in [0.5, 0.6) is 0 Å². The molecule has 156 valence electrons. The van der Waals surface area contributed by atoms with Crippen molar-refractivity contribution in [2.75, 3.05) is 19.7 Å². The van der Waals surface area contributed by atoms with E-state index in [0.717, 1.165) is 12.8 Å². The maximum Gasteiger partial charge on any atom is 0.253 e. The minimum atomic E-state index is -0.899. The number of halogens is 1. The van der Waals surface area contributed by atoms with E-state index in [1.165, 1.54) is 0 Å². The first-order chi connectivity index (χ1) is 12.8. The molecule has 2 atom stereocenters. The van der Waals surface area contributed by atoms with Gasteiger partial charge in [-0.05, 0) is 31.9 Å². The Labute approximate surface area is 173 Å². The highest BCUT2D eigenvalue weighted by molar-refractivity contribution is 5.94. The Kier molecular flexibility index (Phi) is 7.12. The number of benzene rings is 1. The minimum absolute atomic E-state index is 0. The molecular weight excluding hydrogens is 378 g/mol. The summed E-state index contributed by atoms with van der Waals surface area (Å²) in [4.78, 5) is 27.2. The van der Waals surface area contributed by atoms with Crippen LogP contribution in [0.15, 0.2) is 30.3 Å². The van der Waals surface area contributed by atoms with Gasteiger partial charge in [-0.15, -0.1) is 12.4 Å². The van der Waals surface area contributed by atoms with Crippen LogP contribution in [0, 0.1) is 5.41 Å². The number of hydrogen-bond donors (Lipinski definition) is 2.